The summed E-state index contributed by atoms with van der Waals surface area (Å²) in [5, 5.41) is 17.2. The lowest BCUT2D eigenvalue weighted by Crippen LogP contribution is -2.29. The van der Waals surface area contributed by atoms with Crippen LogP contribution in [0, 0.1) is 0 Å². The van der Waals surface area contributed by atoms with Crippen molar-refractivity contribution in [1.29, 1.82) is 0 Å². The molecule has 10 heavy (non-hydrogen) atoms. The molecule has 0 aromatic rings. The summed E-state index contributed by atoms with van der Waals surface area (Å²) < 4.78 is 0. The number of rotatable bonds is 4. The summed E-state index contributed by atoms with van der Waals surface area (Å²) in [6.07, 6.45) is 0.258. The number of alkyl halides is 1. The van der Waals surface area contributed by atoms with Crippen molar-refractivity contribution in [3.63, 3.8) is 0 Å². The molecule has 2 atom stereocenters. The number of carboxylic acids is 1. The molecule has 60 valence electrons. The van der Waals surface area contributed by atoms with Gasteiger partial charge in [-0.05, 0) is 6.42 Å². The van der Waals surface area contributed by atoms with Gasteiger partial charge in [0.1, 0.15) is 0 Å². The number of hydrogen-bond donors (Lipinski definition) is 2. The van der Waals surface area contributed by atoms with Crippen LogP contribution in [0.1, 0.15) is 19.8 Å². The minimum absolute atomic E-state index is 0.324. The summed E-state index contributed by atoms with van der Waals surface area (Å²) in [5.41, 5.74) is 0. The van der Waals surface area contributed by atoms with Gasteiger partial charge in [0.05, 0.1) is 4.83 Å². The molecule has 0 aromatic carbocycles. The lowest BCUT2D eigenvalue weighted by atomic mass is 10.2. The van der Waals surface area contributed by atoms with Crippen molar-refractivity contribution in [2.24, 2.45) is 0 Å². The molecular formula is C6H11BrO3. The molecule has 0 fully saturated rings. The van der Waals surface area contributed by atoms with Crippen molar-refractivity contribution in [2.75, 3.05) is 0 Å². The molecule has 0 aliphatic carbocycles. The predicted octanol–water partition coefficient (Wildman–Crippen LogP) is 0.995. The molecule has 4 heteroatoms. The van der Waals surface area contributed by atoms with E-state index in [1.807, 2.05) is 6.92 Å². The second-order valence-corrected chi connectivity index (χ2v) is 3.26. The Hall–Kier alpha value is -0.0900. The summed E-state index contributed by atoms with van der Waals surface area (Å²) in [7, 11) is 0. The van der Waals surface area contributed by atoms with E-state index in [1.165, 1.54) is 0 Å². The monoisotopic (exact) mass is 210 g/mol. The smallest absolute Gasteiger partial charge is 0.333 e. The maximum atomic E-state index is 10.1. The van der Waals surface area contributed by atoms with Gasteiger partial charge in [-0.25, -0.2) is 4.79 Å². The van der Waals surface area contributed by atoms with Crippen LogP contribution in [0.25, 0.3) is 0 Å². The van der Waals surface area contributed by atoms with Crippen molar-refractivity contribution in [3.8, 4) is 0 Å². The second kappa shape index (κ2) is 4.68. The zero-order valence-corrected chi connectivity index (χ0v) is 7.34. The molecule has 0 aromatic heterocycles. The van der Waals surface area contributed by atoms with E-state index in [-0.39, 0.29) is 4.83 Å². The Labute approximate surface area is 68.2 Å². The molecule has 0 heterocycles. The van der Waals surface area contributed by atoms with Gasteiger partial charge in [-0.1, -0.05) is 29.3 Å². The first-order valence-electron chi connectivity index (χ1n) is 3.14. The first-order chi connectivity index (χ1) is 4.59. The van der Waals surface area contributed by atoms with Gasteiger partial charge in [0.2, 0.25) is 0 Å². The Bertz CT molecular complexity index is 116. The highest BCUT2D eigenvalue weighted by atomic mass is 79.9. The molecule has 3 nitrogen and oxygen atoms in total. The van der Waals surface area contributed by atoms with Gasteiger partial charge < -0.3 is 10.2 Å². The van der Waals surface area contributed by atoms with Gasteiger partial charge in [0, 0.05) is 0 Å². The minimum atomic E-state index is -1.28. The van der Waals surface area contributed by atoms with Crippen LogP contribution >= 0.6 is 15.9 Å². The van der Waals surface area contributed by atoms with E-state index in [2.05, 4.69) is 15.9 Å². The van der Waals surface area contributed by atoms with E-state index in [4.69, 9.17) is 10.2 Å². The summed E-state index contributed by atoms with van der Waals surface area (Å²) in [6, 6.07) is 0. The topological polar surface area (TPSA) is 57.5 Å². The van der Waals surface area contributed by atoms with E-state index in [1.54, 1.807) is 0 Å². The van der Waals surface area contributed by atoms with E-state index in [0.29, 0.717) is 6.42 Å². The SMILES string of the molecule is CCCC(Br)C(O)C(=O)O. The van der Waals surface area contributed by atoms with Gasteiger partial charge in [-0.15, -0.1) is 0 Å². The number of carbonyl (C=O) groups is 1. The van der Waals surface area contributed by atoms with Gasteiger partial charge in [-0.2, -0.15) is 0 Å². The number of hydrogen-bond acceptors (Lipinski definition) is 2. The zero-order chi connectivity index (χ0) is 8.15. The van der Waals surface area contributed by atoms with Crippen molar-refractivity contribution in [3.05, 3.63) is 0 Å². The average molecular weight is 211 g/mol. The molecule has 0 aliphatic rings. The van der Waals surface area contributed by atoms with Crippen molar-refractivity contribution in [2.45, 2.75) is 30.7 Å². The van der Waals surface area contributed by atoms with E-state index >= 15 is 0 Å². The third kappa shape index (κ3) is 3.17. The fraction of sp³-hybridized carbons (Fsp3) is 0.833. The van der Waals surface area contributed by atoms with Crippen LogP contribution in [0.3, 0.4) is 0 Å². The minimum Gasteiger partial charge on any atom is -0.479 e. The molecular weight excluding hydrogens is 200 g/mol. The van der Waals surface area contributed by atoms with E-state index in [0.717, 1.165) is 6.42 Å². The van der Waals surface area contributed by atoms with Crippen molar-refractivity contribution in [1.82, 2.24) is 0 Å². The quantitative estimate of drug-likeness (QED) is 0.682. The maximum absolute atomic E-state index is 10.1. The third-order valence-corrected chi connectivity index (χ3v) is 2.12. The molecule has 0 saturated heterocycles. The van der Waals surface area contributed by atoms with Crippen LogP contribution in [0.2, 0.25) is 0 Å². The second-order valence-electron chi connectivity index (χ2n) is 2.09. The molecule has 0 saturated carbocycles. The predicted molar refractivity (Wildman–Crippen MR) is 41.3 cm³/mol. The van der Waals surface area contributed by atoms with Crippen LogP contribution in [0.15, 0.2) is 0 Å². The fourth-order valence-electron chi connectivity index (χ4n) is 0.588. The maximum Gasteiger partial charge on any atom is 0.333 e. The molecule has 0 aliphatic heterocycles. The van der Waals surface area contributed by atoms with Gasteiger partial charge in [-0.3, -0.25) is 0 Å². The van der Waals surface area contributed by atoms with E-state index < -0.39 is 12.1 Å². The Balaban J connectivity index is 3.69. The highest BCUT2D eigenvalue weighted by Crippen LogP contribution is 2.12. The van der Waals surface area contributed by atoms with Crippen LogP contribution < -0.4 is 0 Å². The summed E-state index contributed by atoms with van der Waals surface area (Å²) in [5.74, 6) is -1.17. The fourth-order valence-corrected chi connectivity index (χ4v) is 1.27. The Morgan fingerprint density at radius 2 is 2.20 bits per heavy atom. The Morgan fingerprint density at radius 1 is 1.70 bits per heavy atom. The van der Waals surface area contributed by atoms with Crippen LogP contribution in [-0.2, 0) is 4.79 Å². The summed E-state index contributed by atoms with van der Waals surface area (Å²) >= 11 is 3.07. The largest absolute Gasteiger partial charge is 0.479 e. The number of aliphatic carboxylic acids is 1. The lowest BCUT2D eigenvalue weighted by Gasteiger charge is -2.10. The van der Waals surface area contributed by atoms with Crippen molar-refractivity contribution >= 4 is 21.9 Å². The number of carboxylic acid groups (broad SMARTS) is 1. The standard InChI is InChI=1S/C6H11BrO3/c1-2-3-4(7)5(8)6(9)10/h4-5,8H,2-3H2,1H3,(H,9,10). The van der Waals surface area contributed by atoms with Crippen molar-refractivity contribution < 1.29 is 15.0 Å². The highest BCUT2D eigenvalue weighted by Gasteiger charge is 2.21. The summed E-state index contributed by atoms with van der Waals surface area (Å²) in [6.45, 7) is 1.93. The zero-order valence-electron chi connectivity index (χ0n) is 5.75. The van der Waals surface area contributed by atoms with Crippen LogP contribution in [0.4, 0.5) is 0 Å². The third-order valence-electron chi connectivity index (χ3n) is 1.16. The number of halogens is 1. The normalized spacial score (nSPS) is 16.3. The molecule has 0 amide bonds. The molecule has 0 rings (SSSR count). The first-order valence-corrected chi connectivity index (χ1v) is 4.06. The first kappa shape index (κ1) is 9.91. The molecule has 0 bridgehead atoms. The molecule has 2 unspecified atom stereocenters. The van der Waals surface area contributed by atoms with Gasteiger partial charge in [0.25, 0.3) is 0 Å². The molecule has 0 spiro atoms. The van der Waals surface area contributed by atoms with Crippen LogP contribution in [0.5, 0.6) is 0 Å². The van der Waals surface area contributed by atoms with Gasteiger partial charge in [0.15, 0.2) is 6.10 Å². The van der Waals surface area contributed by atoms with Gasteiger partial charge >= 0.3 is 5.97 Å². The highest BCUT2D eigenvalue weighted by molar-refractivity contribution is 9.09. The average Bonchev–Trinajstić information content (AvgIpc) is 1.87. The summed E-state index contributed by atoms with van der Waals surface area (Å²) in [4.78, 5) is 9.81. The van der Waals surface area contributed by atoms with Crippen LogP contribution in [-0.4, -0.2) is 27.1 Å². The molecule has 0 radical (unpaired) electrons. The molecule has 2 N–H and O–H groups in total. The lowest BCUT2D eigenvalue weighted by molar-refractivity contribution is -0.146. The number of aliphatic hydroxyl groups is 1. The Kier molecular flexibility index (Phi) is 4.64. The van der Waals surface area contributed by atoms with E-state index in [9.17, 15) is 4.79 Å². The Morgan fingerprint density at radius 3 is 2.50 bits per heavy atom. The number of aliphatic hydroxyl groups excluding tert-OH is 1.